The number of nitrogens with zero attached hydrogens (tertiary/aromatic N) is 3. The van der Waals surface area contributed by atoms with Gasteiger partial charge in [-0.15, -0.1) is 0 Å². The zero-order chi connectivity index (χ0) is 21.7. The number of non-ortho nitro benzene ring substituents is 1. The topological polar surface area (TPSA) is 75.9 Å². The van der Waals surface area contributed by atoms with Crippen LogP contribution in [0.3, 0.4) is 0 Å². The van der Waals surface area contributed by atoms with Crippen molar-refractivity contribution in [1.82, 2.24) is 4.90 Å². The van der Waals surface area contributed by atoms with Crippen molar-refractivity contribution < 1.29 is 14.5 Å². The van der Waals surface area contributed by atoms with Crippen LogP contribution in [0.2, 0.25) is 5.02 Å². The molecule has 1 aliphatic rings. The highest BCUT2D eigenvalue weighted by atomic mass is 35.5. The molecule has 8 heteroatoms. The first-order valence-corrected chi connectivity index (χ1v) is 10.3. The van der Waals surface area contributed by atoms with Crippen LogP contribution < -0.4 is 4.90 Å². The lowest BCUT2D eigenvalue weighted by Crippen LogP contribution is -2.48. The highest BCUT2D eigenvalue weighted by molar-refractivity contribution is 6.31. The van der Waals surface area contributed by atoms with Gasteiger partial charge in [0.15, 0.2) is 0 Å². The molecule has 0 spiro atoms. The first-order chi connectivity index (χ1) is 14.4. The van der Waals surface area contributed by atoms with Crippen molar-refractivity contribution in [3.63, 3.8) is 0 Å². The Labute approximate surface area is 181 Å². The number of halogens is 1. The summed E-state index contributed by atoms with van der Waals surface area (Å²) in [5, 5.41) is 11.6. The third-order valence-electron chi connectivity index (χ3n) is 5.37. The van der Waals surface area contributed by atoms with E-state index in [9.17, 15) is 14.9 Å². The van der Waals surface area contributed by atoms with Crippen molar-refractivity contribution in [2.45, 2.75) is 32.4 Å². The van der Waals surface area contributed by atoms with Gasteiger partial charge in [0.25, 0.3) is 11.6 Å². The molecule has 0 radical (unpaired) electrons. The van der Waals surface area contributed by atoms with E-state index in [1.54, 1.807) is 6.07 Å². The number of nitro benzene ring substituents is 1. The number of methoxy groups -OCH3 is 1. The largest absolute Gasteiger partial charge is 0.375 e. The second-order valence-corrected chi connectivity index (χ2v) is 7.98. The molecule has 1 amide bonds. The van der Waals surface area contributed by atoms with Crippen LogP contribution in [0.4, 0.5) is 11.4 Å². The second-order valence-electron chi connectivity index (χ2n) is 7.58. The maximum Gasteiger partial charge on any atom is 0.269 e. The zero-order valence-corrected chi connectivity index (χ0v) is 18.0. The Hall–Kier alpha value is -2.48. The minimum Gasteiger partial charge on any atom is -0.375 e. The van der Waals surface area contributed by atoms with Gasteiger partial charge in [-0.1, -0.05) is 23.7 Å². The molecule has 0 bridgehead atoms. The monoisotopic (exact) mass is 431 g/mol. The summed E-state index contributed by atoms with van der Waals surface area (Å²) in [5.41, 5.74) is 2.77. The molecule has 2 aromatic rings. The number of carbonyl (C=O) groups is 1. The number of ether oxygens (including phenoxy) is 1. The third-order valence-corrected chi connectivity index (χ3v) is 5.74. The number of anilines is 1. The molecule has 0 saturated carbocycles. The number of amides is 1. The summed E-state index contributed by atoms with van der Waals surface area (Å²) in [6, 6.07) is 12.5. The Morgan fingerprint density at radius 2 is 2.00 bits per heavy atom. The van der Waals surface area contributed by atoms with Gasteiger partial charge in [-0.05, 0) is 49.1 Å². The Morgan fingerprint density at radius 1 is 1.27 bits per heavy atom. The van der Waals surface area contributed by atoms with E-state index in [1.807, 2.05) is 36.1 Å². The van der Waals surface area contributed by atoms with Crippen molar-refractivity contribution in [2.24, 2.45) is 0 Å². The maximum atomic E-state index is 12.8. The molecule has 160 valence electrons. The summed E-state index contributed by atoms with van der Waals surface area (Å²) in [7, 11) is 1.53. The molecule has 0 N–H and O–H groups in total. The van der Waals surface area contributed by atoms with Crippen LogP contribution in [0, 0.1) is 17.0 Å². The van der Waals surface area contributed by atoms with Crippen molar-refractivity contribution >= 4 is 28.9 Å². The molecule has 0 aliphatic carbocycles. The molecule has 0 atom stereocenters. The van der Waals surface area contributed by atoms with E-state index in [0.29, 0.717) is 11.6 Å². The molecular weight excluding hydrogens is 406 g/mol. The van der Waals surface area contributed by atoms with E-state index in [2.05, 4.69) is 4.90 Å². The van der Waals surface area contributed by atoms with Crippen LogP contribution >= 0.6 is 11.6 Å². The molecule has 30 heavy (non-hydrogen) atoms. The van der Waals surface area contributed by atoms with Crippen LogP contribution in [-0.2, 0) is 16.1 Å². The Bertz CT molecular complexity index is 913. The van der Waals surface area contributed by atoms with E-state index in [0.717, 1.165) is 42.7 Å². The fourth-order valence-electron chi connectivity index (χ4n) is 3.90. The lowest BCUT2D eigenvalue weighted by atomic mass is 10.0. The van der Waals surface area contributed by atoms with Crippen molar-refractivity contribution in [1.29, 1.82) is 0 Å². The number of nitro groups is 1. The van der Waals surface area contributed by atoms with Gasteiger partial charge in [0.2, 0.25) is 0 Å². The summed E-state index contributed by atoms with van der Waals surface area (Å²) in [5.74, 6) is -0.0525. The van der Waals surface area contributed by atoms with Gasteiger partial charge in [0.1, 0.15) is 6.61 Å². The van der Waals surface area contributed by atoms with Gasteiger partial charge >= 0.3 is 0 Å². The summed E-state index contributed by atoms with van der Waals surface area (Å²) in [6.45, 7) is 4.13. The number of benzene rings is 2. The molecule has 7 nitrogen and oxygen atoms in total. The van der Waals surface area contributed by atoms with E-state index < -0.39 is 4.92 Å². The van der Waals surface area contributed by atoms with E-state index in [-0.39, 0.29) is 24.2 Å². The summed E-state index contributed by atoms with van der Waals surface area (Å²) in [4.78, 5) is 27.5. The number of aryl methyl sites for hydroxylation is 1. The second kappa shape index (κ2) is 10.0. The van der Waals surface area contributed by atoms with Gasteiger partial charge in [-0.2, -0.15) is 0 Å². The highest BCUT2D eigenvalue weighted by Crippen LogP contribution is 2.28. The molecule has 0 aromatic heterocycles. The smallest absolute Gasteiger partial charge is 0.269 e. The molecule has 1 saturated heterocycles. The Morgan fingerprint density at radius 3 is 2.63 bits per heavy atom. The minimum absolute atomic E-state index is 0.0391. The summed E-state index contributed by atoms with van der Waals surface area (Å²) < 4.78 is 5.10. The van der Waals surface area contributed by atoms with Gasteiger partial charge in [-0.25, -0.2) is 0 Å². The van der Waals surface area contributed by atoms with Crippen molar-refractivity contribution in [3.8, 4) is 0 Å². The van der Waals surface area contributed by atoms with E-state index in [1.165, 1.54) is 19.2 Å². The van der Waals surface area contributed by atoms with Crippen LogP contribution in [0.1, 0.15) is 24.0 Å². The molecule has 3 rings (SSSR count). The van der Waals surface area contributed by atoms with Gasteiger partial charge < -0.3 is 9.64 Å². The number of hydrogen-bond acceptors (Lipinski definition) is 5. The lowest BCUT2D eigenvalue weighted by Gasteiger charge is -2.38. The fraction of sp³-hybridized carbons (Fsp3) is 0.409. The SMILES string of the molecule is COCC(=O)N(c1cccc(C)c1)C1CCN(Cc2cc([N+](=O)[O-])ccc2Cl)CC1. The first kappa shape index (κ1) is 22.2. The Kier molecular flexibility index (Phi) is 7.42. The van der Waals surface area contributed by atoms with Crippen LogP contribution in [0.15, 0.2) is 42.5 Å². The average Bonchev–Trinajstić information content (AvgIpc) is 2.71. The predicted molar refractivity (Wildman–Crippen MR) is 117 cm³/mol. The first-order valence-electron chi connectivity index (χ1n) is 9.92. The molecular formula is C22H26ClN3O4. The van der Waals surface area contributed by atoms with E-state index in [4.69, 9.17) is 16.3 Å². The quantitative estimate of drug-likeness (QED) is 0.485. The van der Waals surface area contributed by atoms with Gasteiger partial charge in [-0.3, -0.25) is 19.8 Å². The number of likely N-dealkylation sites (tertiary alicyclic amines) is 1. The normalized spacial score (nSPS) is 15.2. The molecule has 1 heterocycles. The molecule has 2 aromatic carbocycles. The minimum atomic E-state index is -0.410. The average molecular weight is 432 g/mol. The van der Waals surface area contributed by atoms with Gasteiger partial charge in [0.05, 0.1) is 4.92 Å². The van der Waals surface area contributed by atoms with Crippen LogP contribution in [0.5, 0.6) is 0 Å². The van der Waals surface area contributed by atoms with E-state index >= 15 is 0 Å². The fourth-order valence-corrected chi connectivity index (χ4v) is 4.08. The maximum absolute atomic E-state index is 12.8. The Balaban J connectivity index is 1.70. The number of rotatable bonds is 7. The molecule has 1 aliphatic heterocycles. The highest BCUT2D eigenvalue weighted by Gasteiger charge is 2.29. The summed E-state index contributed by atoms with van der Waals surface area (Å²) in [6.07, 6.45) is 1.60. The molecule has 0 unspecified atom stereocenters. The van der Waals surface area contributed by atoms with Crippen molar-refractivity contribution in [3.05, 3.63) is 68.7 Å². The summed E-state index contributed by atoms with van der Waals surface area (Å²) >= 11 is 6.25. The predicted octanol–water partition coefficient (Wildman–Crippen LogP) is 4.20. The van der Waals surface area contributed by atoms with Crippen molar-refractivity contribution in [2.75, 3.05) is 31.7 Å². The van der Waals surface area contributed by atoms with Gasteiger partial charge in [0, 0.05) is 55.6 Å². The van der Waals surface area contributed by atoms with Crippen LogP contribution in [0.25, 0.3) is 0 Å². The number of carbonyl (C=O) groups excluding carboxylic acids is 1. The number of hydrogen-bond donors (Lipinski definition) is 0. The standard InChI is InChI=1S/C22H26ClN3O4/c1-16-4-3-5-19(12-16)25(22(27)15-30-2)18-8-10-24(11-9-18)14-17-13-20(26(28)29)6-7-21(17)23/h3-7,12-13,18H,8-11,14-15H2,1-2H3. The number of piperidine rings is 1. The van der Waals surface area contributed by atoms with Crippen LogP contribution in [-0.4, -0.2) is 48.6 Å². The zero-order valence-electron chi connectivity index (χ0n) is 17.2. The lowest BCUT2D eigenvalue weighted by molar-refractivity contribution is -0.384. The molecule has 1 fully saturated rings. The third kappa shape index (κ3) is 5.36.